The normalized spacial score (nSPS) is 20.5. The molecule has 1 unspecified atom stereocenters. The minimum absolute atomic E-state index is 0.265. The number of fused-ring (bicyclic) bond motifs is 1. The van der Waals surface area contributed by atoms with Crippen molar-refractivity contribution in [3.63, 3.8) is 0 Å². The van der Waals surface area contributed by atoms with Crippen molar-refractivity contribution in [3.05, 3.63) is 16.4 Å². The summed E-state index contributed by atoms with van der Waals surface area (Å²) in [5.41, 5.74) is 0. The van der Waals surface area contributed by atoms with E-state index in [2.05, 4.69) is 9.68 Å². The average Bonchev–Trinajstić information content (AvgIpc) is 2.62. The van der Waals surface area contributed by atoms with E-state index in [-0.39, 0.29) is 5.75 Å². The van der Waals surface area contributed by atoms with Gasteiger partial charge in [0.05, 0.1) is 23.5 Å². The van der Waals surface area contributed by atoms with Crippen LogP contribution in [0, 0.1) is 5.92 Å². The lowest BCUT2D eigenvalue weighted by Gasteiger charge is -2.17. The molecule has 2 heterocycles. The van der Waals surface area contributed by atoms with Crippen LogP contribution in [0.4, 0.5) is 0 Å². The average molecular weight is 318 g/mol. The first-order valence-corrected chi connectivity index (χ1v) is 8.62. The van der Waals surface area contributed by atoms with Crippen molar-refractivity contribution in [1.82, 2.24) is 9.72 Å². The molecule has 2 atom stereocenters. The zero-order valence-corrected chi connectivity index (χ0v) is 12.5. The molecule has 0 amide bonds. The molecule has 0 spiro atoms. The van der Waals surface area contributed by atoms with Crippen LogP contribution < -0.4 is 5.76 Å². The predicted octanol–water partition coefficient (Wildman–Crippen LogP) is 0.239. The van der Waals surface area contributed by atoms with Gasteiger partial charge in [0.2, 0.25) is 0 Å². The number of aliphatic carboxylic acids is 1. The number of sulfone groups is 1. The molecule has 1 N–H and O–H groups in total. The van der Waals surface area contributed by atoms with Crippen LogP contribution in [-0.4, -0.2) is 40.7 Å². The number of carboxylic acids is 1. The summed E-state index contributed by atoms with van der Waals surface area (Å²) in [7, 11) is -3.59. The molecule has 0 aromatic carbocycles. The zero-order chi connectivity index (χ0) is 15.6. The molecule has 1 aromatic rings. The number of nitrogens with zero attached hydrogens (tertiary/aromatic N) is 2. The molecule has 2 rings (SSSR count). The van der Waals surface area contributed by atoms with Crippen molar-refractivity contribution in [3.8, 4) is 0 Å². The highest BCUT2D eigenvalue weighted by Crippen LogP contribution is 2.23. The lowest BCUT2D eigenvalue weighted by Crippen LogP contribution is -2.31. The van der Waals surface area contributed by atoms with E-state index < -0.39 is 39.3 Å². The molecule has 0 saturated heterocycles. The molecule has 0 fully saturated rings. The summed E-state index contributed by atoms with van der Waals surface area (Å²) in [6, 6.07) is -0.535. The second-order valence-corrected chi connectivity index (χ2v) is 7.60. The zero-order valence-electron chi connectivity index (χ0n) is 11.7. The summed E-state index contributed by atoms with van der Waals surface area (Å²) in [6.07, 6.45) is 2.72. The Bertz CT molecular complexity index is 674. The predicted molar refractivity (Wildman–Crippen MR) is 72.8 cm³/mol. The van der Waals surface area contributed by atoms with E-state index in [1.54, 1.807) is 0 Å². The van der Waals surface area contributed by atoms with Gasteiger partial charge in [-0.1, -0.05) is 18.5 Å². The summed E-state index contributed by atoms with van der Waals surface area (Å²) >= 11 is 0. The van der Waals surface area contributed by atoms with Crippen LogP contribution in [0.5, 0.6) is 0 Å². The fraction of sp³-hybridized carbons (Fsp3) is 0.750. The van der Waals surface area contributed by atoms with Gasteiger partial charge in [-0.25, -0.2) is 13.2 Å². The second-order valence-electron chi connectivity index (χ2n) is 5.45. The van der Waals surface area contributed by atoms with E-state index in [1.807, 2.05) is 0 Å². The fourth-order valence-electron chi connectivity index (χ4n) is 2.57. The first-order valence-electron chi connectivity index (χ1n) is 6.80. The van der Waals surface area contributed by atoms with E-state index in [1.165, 1.54) is 11.5 Å². The van der Waals surface area contributed by atoms with Crippen molar-refractivity contribution in [2.75, 3.05) is 11.5 Å². The molecule has 21 heavy (non-hydrogen) atoms. The molecule has 1 aliphatic rings. The SMILES string of the molecule is C[C@@H](CS(=O)(=O)CC1CCCCc2noc(=O)n21)C(=O)O. The number of rotatable bonds is 5. The van der Waals surface area contributed by atoms with Crippen molar-refractivity contribution in [2.24, 2.45) is 5.92 Å². The van der Waals surface area contributed by atoms with E-state index in [0.717, 1.165) is 12.8 Å². The number of carboxylic acid groups (broad SMARTS) is 1. The Morgan fingerprint density at radius 2 is 2.24 bits per heavy atom. The number of hydrogen-bond acceptors (Lipinski definition) is 6. The standard InChI is InChI=1S/C12H18N2O6S/c1-8(11(15)16)6-21(18,19)7-9-4-2-3-5-10-13-20-12(17)14(9)10/h8-9H,2-7H2,1H3,(H,15,16)/t8-,9?/m0/s1. The highest BCUT2D eigenvalue weighted by molar-refractivity contribution is 7.91. The molecule has 0 radical (unpaired) electrons. The highest BCUT2D eigenvalue weighted by atomic mass is 32.2. The smallest absolute Gasteiger partial charge is 0.441 e. The number of aromatic nitrogens is 2. The number of aryl methyl sites for hydroxylation is 1. The molecular weight excluding hydrogens is 300 g/mol. The summed E-state index contributed by atoms with van der Waals surface area (Å²) in [5.74, 6) is -3.02. The first kappa shape index (κ1) is 15.7. The van der Waals surface area contributed by atoms with Gasteiger partial charge in [-0.2, -0.15) is 0 Å². The van der Waals surface area contributed by atoms with Crippen molar-refractivity contribution < 1.29 is 22.8 Å². The molecular formula is C12H18N2O6S. The summed E-state index contributed by atoms with van der Waals surface area (Å²) in [4.78, 5) is 22.5. The lowest BCUT2D eigenvalue weighted by atomic mass is 10.1. The number of carbonyl (C=O) groups is 1. The van der Waals surface area contributed by atoms with Crippen LogP contribution >= 0.6 is 0 Å². The Hall–Kier alpha value is -1.64. The van der Waals surface area contributed by atoms with Gasteiger partial charge < -0.3 is 5.11 Å². The van der Waals surface area contributed by atoms with E-state index in [4.69, 9.17) is 5.11 Å². The first-order chi connectivity index (χ1) is 9.80. The van der Waals surface area contributed by atoms with Gasteiger partial charge >= 0.3 is 11.7 Å². The Kier molecular flexibility index (Phi) is 4.50. The third-order valence-electron chi connectivity index (χ3n) is 3.63. The second kappa shape index (κ2) is 6.00. The molecule has 0 saturated carbocycles. The molecule has 118 valence electrons. The van der Waals surface area contributed by atoms with E-state index in [9.17, 15) is 18.0 Å². The van der Waals surface area contributed by atoms with Crippen LogP contribution in [0.2, 0.25) is 0 Å². The summed E-state index contributed by atoms with van der Waals surface area (Å²) in [5, 5.41) is 12.5. The van der Waals surface area contributed by atoms with Crippen LogP contribution in [0.25, 0.3) is 0 Å². The minimum Gasteiger partial charge on any atom is -0.481 e. The topological polar surface area (TPSA) is 119 Å². The van der Waals surface area contributed by atoms with E-state index >= 15 is 0 Å². The summed E-state index contributed by atoms with van der Waals surface area (Å²) < 4.78 is 30.2. The van der Waals surface area contributed by atoms with Crippen molar-refractivity contribution in [2.45, 2.75) is 38.6 Å². The quantitative estimate of drug-likeness (QED) is 0.825. The maximum absolute atomic E-state index is 12.1. The molecule has 0 aliphatic carbocycles. The maximum Gasteiger partial charge on any atom is 0.441 e. The Balaban J connectivity index is 2.21. The minimum atomic E-state index is -3.59. The lowest BCUT2D eigenvalue weighted by molar-refractivity contribution is -0.140. The summed E-state index contributed by atoms with van der Waals surface area (Å²) in [6.45, 7) is 1.35. The van der Waals surface area contributed by atoms with Gasteiger partial charge in [0.1, 0.15) is 0 Å². The largest absolute Gasteiger partial charge is 0.481 e. The van der Waals surface area contributed by atoms with Gasteiger partial charge in [-0.05, 0) is 12.8 Å². The van der Waals surface area contributed by atoms with Crippen LogP contribution in [0.15, 0.2) is 9.32 Å². The Labute approximate surface area is 121 Å². The third-order valence-corrected chi connectivity index (χ3v) is 5.53. The monoisotopic (exact) mass is 318 g/mol. The maximum atomic E-state index is 12.1. The highest BCUT2D eigenvalue weighted by Gasteiger charge is 2.29. The Morgan fingerprint density at radius 1 is 1.52 bits per heavy atom. The fourth-order valence-corrected chi connectivity index (χ4v) is 4.52. The molecule has 0 bridgehead atoms. The van der Waals surface area contributed by atoms with Crippen LogP contribution in [-0.2, 0) is 21.1 Å². The van der Waals surface area contributed by atoms with E-state index in [0.29, 0.717) is 18.7 Å². The van der Waals surface area contributed by atoms with Gasteiger partial charge in [0.15, 0.2) is 15.7 Å². The molecule has 9 heteroatoms. The van der Waals surface area contributed by atoms with Crippen LogP contribution in [0.1, 0.15) is 38.1 Å². The van der Waals surface area contributed by atoms with Crippen LogP contribution in [0.3, 0.4) is 0 Å². The third kappa shape index (κ3) is 3.72. The van der Waals surface area contributed by atoms with Gasteiger partial charge in [0, 0.05) is 6.42 Å². The van der Waals surface area contributed by atoms with Gasteiger partial charge in [-0.3, -0.25) is 13.9 Å². The number of hydrogen-bond donors (Lipinski definition) is 1. The molecule has 8 nitrogen and oxygen atoms in total. The van der Waals surface area contributed by atoms with Crippen molar-refractivity contribution in [1.29, 1.82) is 0 Å². The van der Waals surface area contributed by atoms with Crippen molar-refractivity contribution >= 4 is 15.8 Å². The Morgan fingerprint density at radius 3 is 2.90 bits per heavy atom. The molecule has 1 aromatic heterocycles. The van der Waals surface area contributed by atoms with Gasteiger partial charge in [0.25, 0.3) is 0 Å². The van der Waals surface area contributed by atoms with Gasteiger partial charge in [-0.15, -0.1) is 0 Å². The molecule has 1 aliphatic heterocycles.